The molecule has 0 amide bonds. The lowest BCUT2D eigenvalue weighted by Crippen LogP contribution is -2.69. The average molecular weight is 1420 g/mol. The molecule has 25 heteroatoms. The van der Waals surface area contributed by atoms with E-state index >= 15 is 0 Å². The molecule has 18 atom stereocenters. The quantitative estimate of drug-likeness (QED) is 0.00513. The molecule has 0 bridgehead atoms. The van der Waals surface area contributed by atoms with Gasteiger partial charge in [-0.3, -0.25) is 18.6 Å². The van der Waals surface area contributed by atoms with E-state index in [0.29, 0.717) is 12.8 Å². The molecule has 2 heterocycles. The third-order valence-electron chi connectivity index (χ3n) is 18.2. The van der Waals surface area contributed by atoms with Gasteiger partial charge in [-0.25, -0.2) is 9.36 Å². The second-order valence-corrected chi connectivity index (χ2v) is 28.1. The number of phosphoric ester groups is 1. The molecule has 0 aromatic carbocycles. The van der Waals surface area contributed by atoms with Crippen molar-refractivity contribution < 1.29 is 117 Å². The molecule has 98 heavy (non-hydrogen) atoms. The van der Waals surface area contributed by atoms with Crippen LogP contribution in [-0.4, -0.2) is 204 Å². The topological polar surface area (TPSA) is 374 Å². The van der Waals surface area contributed by atoms with Crippen molar-refractivity contribution >= 4 is 25.7 Å². The Morgan fingerprint density at radius 3 is 1.23 bits per heavy atom. The molecule has 570 valence electrons. The summed E-state index contributed by atoms with van der Waals surface area (Å²) in [6.07, 6.45) is 18.2. The highest BCUT2D eigenvalue weighted by atomic mass is 31.2. The molecule has 0 radical (unpaired) electrons. The molecule has 2 saturated heterocycles. The SMILES string of the molecule is CCCCCC/C=C\CCCCCCCCCC(=O)OCC(COP(=O)(O)OC1C(OC2OC(CO)C(O)C(O)C2O)C(O)C(O)C(O)C1OC1OC(COC(=O)CCCCC/C=C\CCCCCCCC)C(O)C(O)C1O)OC(=O)/C=C/C=C/CCCCCCCCCCCCC. The number of allylic oxidation sites excluding steroid dienone is 7. The number of carbonyl (C=O) groups excluding carboxylic acids is 3. The van der Waals surface area contributed by atoms with Gasteiger partial charge in [0.2, 0.25) is 0 Å². The van der Waals surface area contributed by atoms with Gasteiger partial charge in [0.25, 0.3) is 0 Å². The monoisotopic (exact) mass is 1420 g/mol. The summed E-state index contributed by atoms with van der Waals surface area (Å²) < 4.78 is 64.7. The first-order valence-electron chi connectivity index (χ1n) is 37.5. The molecule has 3 fully saturated rings. The van der Waals surface area contributed by atoms with Crippen molar-refractivity contribution in [2.24, 2.45) is 0 Å². The van der Waals surface area contributed by atoms with E-state index in [1.807, 2.05) is 6.08 Å². The van der Waals surface area contributed by atoms with Crippen molar-refractivity contribution in [1.29, 1.82) is 0 Å². The Morgan fingerprint density at radius 2 is 0.786 bits per heavy atom. The van der Waals surface area contributed by atoms with Gasteiger partial charge < -0.3 is 89.1 Å². The van der Waals surface area contributed by atoms with E-state index in [2.05, 4.69) is 45.1 Å². The van der Waals surface area contributed by atoms with E-state index in [1.165, 1.54) is 115 Å². The summed E-state index contributed by atoms with van der Waals surface area (Å²) in [5.41, 5.74) is 0. The zero-order chi connectivity index (χ0) is 71.8. The maximum atomic E-state index is 14.3. The van der Waals surface area contributed by atoms with E-state index in [-0.39, 0.29) is 12.8 Å². The van der Waals surface area contributed by atoms with E-state index in [9.17, 15) is 74.9 Å². The molecule has 3 rings (SSSR count). The number of hydrogen-bond donors (Lipinski definition) is 11. The summed E-state index contributed by atoms with van der Waals surface area (Å²) in [6.45, 7) is 3.29. The van der Waals surface area contributed by atoms with Crippen LogP contribution in [0.15, 0.2) is 48.6 Å². The minimum absolute atomic E-state index is 0.00288. The van der Waals surface area contributed by atoms with Crippen LogP contribution in [-0.2, 0) is 61.2 Å². The lowest BCUT2D eigenvalue weighted by Gasteiger charge is -2.49. The number of unbranched alkanes of at least 4 members (excludes halogenated alkanes) is 31. The third-order valence-corrected chi connectivity index (χ3v) is 19.1. The highest BCUT2D eigenvalue weighted by Gasteiger charge is 2.58. The Balaban J connectivity index is 1.76. The molecule has 2 aliphatic heterocycles. The lowest BCUT2D eigenvalue weighted by atomic mass is 9.84. The summed E-state index contributed by atoms with van der Waals surface area (Å²) in [5, 5.41) is 110. The van der Waals surface area contributed by atoms with E-state index in [0.717, 1.165) is 115 Å². The van der Waals surface area contributed by atoms with Gasteiger partial charge in [0.1, 0.15) is 98.7 Å². The smallest absolute Gasteiger partial charge is 0.463 e. The predicted molar refractivity (Wildman–Crippen MR) is 370 cm³/mol. The second kappa shape index (κ2) is 54.6. The van der Waals surface area contributed by atoms with Gasteiger partial charge in [0.05, 0.1) is 13.2 Å². The number of rotatable bonds is 57. The number of carbonyl (C=O) groups is 3. The highest BCUT2D eigenvalue weighted by molar-refractivity contribution is 7.47. The van der Waals surface area contributed by atoms with Crippen LogP contribution in [0.3, 0.4) is 0 Å². The molecular weight excluding hydrogens is 1290 g/mol. The minimum Gasteiger partial charge on any atom is -0.463 e. The Kier molecular flexibility index (Phi) is 49.6. The molecule has 1 saturated carbocycles. The van der Waals surface area contributed by atoms with Crippen LogP contribution in [0.2, 0.25) is 0 Å². The summed E-state index contributed by atoms with van der Waals surface area (Å²) in [4.78, 5) is 50.8. The normalized spacial score (nSPS) is 27.9. The predicted octanol–water partition coefficient (Wildman–Crippen LogP) is 10.1. The minimum atomic E-state index is -5.73. The van der Waals surface area contributed by atoms with E-state index in [4.69, 9.17) is 42.2 Å². The van der Waals surface area contributed by atoms with E-state index in [1.54, 1.807) is 6.08 Å². The van der Waals surface area contributed by atoms with Gasteiger partial charge in [-0.1, -0.05) is 217 Å². The fraction of sp³-hybridized carbons (Fsp3) is 0.849. The van der Waals surface area contributed by atoms with Gasteiger partial charge in [-0.2, -0.15) is 0 Å². The van der Waals surface area contributed by atoms with E-state index < -0.39 is 156 Å². The van der Waals surface area contributed by atoms with Crippen molar-refractivity contribution in [2.45, 2.75) is 369 Å². The van der Waals surface area contributed by atoms with Crippen LogP contribution in [0.25, 0.3) is 0 Å². The molecule has 1 aliphatic carbocycles. The van der Waals surface area contributed by atoms with Gasteiger partial charge in [-0.05, 0) is 77.0 Å². The average Bonchev–Trinajstić information content (AvgIpc) is 0.763. The maximum Gasteiger partial charge on any atom is 0.472 e. The van der Waals surface area contributed by atoms with Crippen LogP contribution in [0, 0.1) is 0 Å². The summed E-state index contributed by atoms with van der Waals surface area (Å²) in [5.74, 6) is -2.27. The number of hydrogen-bond acceptors (Lipinski definition) is 23. The van der Waals surface area contributed by atoms with Gasteiger partial charge >= 0.3 is 25.7 Å². The van der Waals surface area contributed by atoms with Gasteiger partial charge in [-0.15, -0.1) is 0 Å². The zero-order valence-corrected chi connectivity index (χ0v) is 60.2. The first-order chi connectivity index (χ1) is 47.3. The van der Waals surface area contributed by atoms with Crippen LogP contribution >= 0.6 is 7.82 Å². The van der Waals surface area contributed by atoms with Crippen LogP contribution in [0.5, 0.6) is 0 Å². The molecule has 0 aromatic heterocycles. The molecule has 3 aliphatic rings. The number of aliphatic hydroxyl groups excluding tert-OH is 10. The van der Waals surface area contributed by atoms with Gasteiger partial charge in [0, 0.05) is 18.9 Å². The van der Waals surface area contributed by atoms with Crippen molar-refractivity contribution in [3.63, 3.8) is 0 Å². The first kappa shape index (κ1) is 89.1. The summed E-state index contributed by atoms with van der Waals surface area (Å²) in [6, 6.07) is 0. The van der Waals surface area contributed by atoms with Crippen molar-refractivity contribution in [3.8, 4) is 0 Å². The Morgan fingerprint density at radius 1 is 0.418 bits per heavy atom. The Bertz CT molecular complexity index is 2220. The van der Waals surface area contributed by atoms with Gasteiger partial charge in [0.15, 0.2) is 18.7 Å². The number of ether oxygens (including phenoxy) is 7. The Labute approximate surface area is 584 Å². The summed E-state index contributed by atoms with van der Waals surface area (Å²) in [7, 11) is -5.73. The fourth-order valence-corrected chi connectivity index (χ4v) is 13.0. The second-order valence-electron chi connectivity index (χ2n) is 26.7. The number of phosphoric acid groups is 1. The molecule has 11 N–H and O–H groups in total. The molecule has 0 spiro atoms. The maximum absolute atomic E-state index is 14.3. The van der Waals surface area contributed by atoms with Crippen LogP contribution < -0.4 is 0 Å². The molecule has 18 unspecified atom stereocenters. The third kappa shape index (κ3) is 37.4. The molecular formula is C73H129O24P. The van der Waals surface area contributed by atoms with Crippen LogP contribution in [0.1, 0.15) is 265 Å². The van der Waals surface area contributed by atoms with Crippen molar-refractivity contribution in [1.82, 2.24) is 0 Å². The zero-order valence-electron chi connectivity index (χ0n) is 59.3. The fourth-order valence-electron chi connectivity index (χ4n) is 12.0. The molecule has 24 nitrogen and oxygen atoms in total. The largest absolute Gasteiger partial charge is 0.472 e. The lowest BCUT2D eigenvalue weighted by molar-refractivity contribution is -0.360. The molecule has 0 aromatic rings. The standard InChI is InChI=1S/C73H129O24P/c1-4-7-10-13-16-19-22-25-27-30-33-35-38-41-44-47-57(75)89-51-54(92-59(77)49-46-43-40-37-34-31-28-26-23-20-17-14-11-8-5-2)52-91-98(87,88)97-71-69(95-72-67(85)62(80)60(78)55(50-74)93-72)65(83)64(82)66(84)70(71)96-73-68(86)63(81)61(79)56(94-73)53-90-58(76)48-45-42-39-36-32-29-24-21-18-15-12-9-6-3/h19,22,29,32,40,43,46,49,54-56,60-74,78-86H,4-18,20-21,23-28,30-31,33-39,41-42,44-45,47-48,50-53H2,1-3H3,(H,87,88)/b22-19-,32-29-,43-40+,49-46+. The number of esters is 3. The Hall–Kier alpha value is -3.08. The first-order valence-corrected chi connectivity index (χ1v) is 39.0. The van der Waals surface area contributed by atoms with Crippen LogP contribution in [0.4, 0.5) is 0 Å². The number of aliphatic hydroxyl groups is 10. The van der Waals surface area contributed by atoms with Crippen molar-refractivity contribution in [2.75, 3.05) is 26.4 Å². The summed E-state index contributed by atoms with van der Waals surface area (Å²) >= 11 is 0. The van der Waals surface area contributed by atoms with Crippen molar-refractivity contribution in [3.05, 3.63) is 48.6 Å². The highest BCUT2D eigenvalue weighted by Crippen LogP contribution is 2.49.